The minimum atomic E-state index is -3.72. The molecule has 0 fully saturated rings. The summed E-state index contributed by atoms with van der Waals surface area (Å²) in [4.78, 5) is 11.9. The maximum Gasteiger partial charge on any atom is 0.254 e. The maximum atomic E-state index is 12.6. The summed E-state index contributed by atoms with van der Waals surface area (Å²) in [6.07, 6.45) is 0. The fraction of sp³-hybridized carbons (Fsp3) is 0.562. The van der Waals surface area contributed by atoms with Gasteiger partial charge in [-0.3, -0.25) is 4.79 Å². The monoisotopic (exact) mass is 342 g/mol. The van der Waals surface area contributed by atoms with Crippen molar-refractivity contribution >= 4 is 15.9 Å². The van der Waals surface area contributed by atoms with Gasteiger partial charge in [-0.05, 0) is 30.0 Å². The van der Waals surface area contributed by atoms with Gasteiger partial charge in [0.2, 0.25) is 10.0 Å². The van der Waals surface area contributed by atoms with E-state index in [1.54, 1.807) is 0 Å². The first-order valence-electron chi connectivity index (χ1n) is 7.56. The summed E-state index contributed by atoms with van der Waals surface area (Å²) in [5.41, 5.74) is 0.184. The van der Waals surface area contributed by atoms with Crippen molar-refractivity contribution in [3.63, 3.8) is 0 Å². The Kier molecular flexibility index (Phi) is 6.58. The van der Waals surface area contributed by atoms with Gasteiger partial charge in [0.15, 0.2) is 0 Å². The average molecular weight is 342 g/mol. The van der Waals surface area contributed by atoms with Crippen molar-refractivity contribution in [1.29, 1.82) is 0 Å². The second-order valence-corrected chi connectivity index (χ2v) is 7.79. The number of carbonyl (C=O) groups excluding carboxylic acids is 1. The first kappa shape index (κ1) is 19.4. The van der Waals surface area contributed by atoms with E-state index in [0.717, 1.165) is 0 Å². The van der Waals surface area contributed by atoms with E-state index in [0.29, 0.717) is 5.75 Å². The highest BCUT2D eigenvalue weighted by atomic mass is 32.2. The number of rotatable bonds is 7. The third-order valence-corrected chi connectivity index (χ3v) is 5.14. The van der Waals surface area contributed by atoms with Gasteiger partial charge in [-0.2, -0.15) is 0 Å². The van der Waals surface area contributed by atoms with Crippen molar-refractivity contribution in [3.05, 3.63) is 23.8 Å². The Morgan fingerprint density at radius 2 is 1.70 bits per heavy atom. The molecule has 0 atom stereocenters. The molecule has 130 valence electrons. The molecule has 1 aromatic rings. The zero-order valence-corrected chi connectivity index (χ0v) is 15.3. The summed E-state index contributed by atoms with van der Waals surface area (Å²) >= 11 is 0. The minimum absolute atomic E-state index is 0.0446. The number of benzene rings is 1. The molecule has 1 aromatic carbocycles. The molecule has 23 heavy (non-hydrogen) atoms. The topological polar surface area (TPSA) is 84.5 Å². The van der Waals surface area contributed by atoms with Crippen molar-refractivity contribution in [2.45, 2.75) is 38.6 Å². The van der Waals surface area contributed by atoms with Crippen molar-refractivity contribution in [1.82, 2.24) is 10.0 Å². The molecule has 1 rings (SSSR count). The molecular formula is C16H26N2O4S. The molecule has 0 saturated heterocycles. The third kappa shape index (κ3) is 4.68. The van der Waals surface area contributed by atoms with E-state index in [1.807, 2.05) is 27.7 Å². The lowest BCUT2D eigenvalue weighted by molar-refractivity contribution is 0.0960. The van der Waals surface area contributed by atoms with E-state index in [1.165, 1.54) is 32.4 Å². The lowest BCUT2D eigenvalue weighted by Crippen LogP contribution is -2.42. The predicted octanol–water partition coefficient (Wildman–Crippen LogP) is 2.01. The highest BCUT2D eigenvalue weighted by Gasteiger charge is 2.26. The van der Waals surface area contributed by atoms with Gasteiger partial charge in [0.05, 0.1) is 17.6 Å². The van der Waals surface area contributed by atoms with Gasteiger partial charge < -0.3 is 10.1 Å². The van der Waals surface area contributed by atoms with E-state index in [9.17, 15) is 13.2 Å². The Morgan fingerprint density at radius 3 is 2.13 bits per heavy atom. The highest BCUT2D eigenvalue weighted by molar-refractivity contribution is 7.89. The molecule has 6 nitrogen and oxygen atoms in total. The fourth-order valence-corrected chi connectivity index (χ4v) is 4.01. The SMILES string of the molecule is CNC(=O)c1cc(S(=O)(=O)NC(C(C)C)C(C)C)ccc1OC. The molecular weight excluding hydrogens is 316 g/mol. The van der Waals surface area contributed by atoms with Crippen LogP contribution in [0, 0.1) is 11.8 Å². The summed E-state index contributed by atoms with van der Waals surface area (Å²) in [5, 5.41) is 2.48. The van der Waals surface area contributed by atoms with Crippen LogP contribution in [0.3, 0.4) is 0 Å². The number of ether oxygens (including phenoxy) is 1. The molecule has 0 spiro atoms. The Morgan fingerprint density at radius 1 is 1.13 bits per heavy atom. The summed E-state index contributed by atoms with van der Waals surface area (Å²) in [5.74, 6) is 0.235. The van der Waals surface area contributed by atoms with Crippen LogP contribution in [-0.2, 0) is 10.0 Å². The van der Waals surface area contributed by atoms with Crippen LogP contribution in [0.25, 0.3) is 0 Å². The number of amides is 1. The molecule has 0 aliphatic heterocycles. The molecule has 7 heteroatoms. The van der Waals surface area contributed by atoms with Crippen LogP contribution in [0.1, 0.15) is 38.1 Å². The van der Waals surface area contributed by atoms with Gasteiger partial charge in [0.25, 0.3) is 5.91 Å². The van der Waals surface area contributed by atoms with Crippen molar-refractivity contribution in [2.75, 3.05) is 14.2 Å². The predicted molar refractivity (Wildman–Crippen MR) is 90.2 cm³/mol. The van der Waals surface area contributed by atoms with Crippen molar-refractivity contribution in [3.8, 4) is 5.75 Å². The largest absolute Gasteiger partial charge is 0.496 e. The first-order valence-corrected chi connectivity index (χ1v) is 9.04. The number of hydrogen-bond acceptors (Lipinski definition) is 4. The molecule has 0 aromatic heterocycles. The van der Waals surface area contributed by atoms with E-state index in [2.05, 4.69) is 10.0 Å². The molecule has 0 aliphatic rings. The van der Waals surface area contributed by atoms with Gasteiger partial charge >= 0.3 is 0 Å². The first-order chi connectivity index (χ1) is 10.6. The molecule has 0 radical (unpaired) electrons. The van der Waals surface area contributed by atoms with Crippen LogP contribution in [0.5, 0.6) is 5.75 Å². The molecule has 0 bridgehead atoms. The Hall–Kier alpha value is -1.60. The second-order valence-electron chi connectivity index (χ2n) is 6.08. The summed E-state index contributed by atoms with van der Waals surface area (Å²) in [6.45, 7) is 7.88. The Labute approximate surface area is 138 Å². The molecule has 2 N–H and O–H groups in total. The average Bonchev–Trinajstić information content (AvgIpc) is 2.50. The Bertz CT molecular complexity index is 646. The van der Waals surface area contributed by atoms with Gasteiger partial charge in [-0.1, -0.05) is 27.7 Å². The lowest BCUT2D eigenvalue weighted by Gasteiger charge is -2.26. The molecule has 0 unspecified atom stereocenters. The van der Waals surface area contributed by atoms with Gasteiger partial charge in [-0.15, -0.1) is 0 Å². The van der Waals surface area contributed by atoms with E-state index < -0.39 is 15.9 Å². The van der Waals surface area contributed by atoms with Gasteiger partial charge in [-0.25, -0.2) is 13.1 Å². The van der Waals surface area contributed by atoms with Crippen LogP contribution in [0.4, 0.5) is 0 Å². The number of hydrogen-bond donors (Lipinski definition) is 2. The number of sulfonamides is 1. The smallest absolute Gasteiger partial charge is 0.254 e. The van der Waals surface area contributed by atoms with Crippen LogP contribution in [0.15, 0.2) is 23.1 Å². The number of nitrogens with one attached hydrogen (secondary N) is 2. The maximum absolute atomic E-state index is 12.6. The zero-order chi connectivity index (χ0) is 17.8. The molecule has 0 aliphatic carbocycles. The van der Waals surface area contributed by atoms with Crippen molar-refractivity contribution in [2.24, 2.45) is 11.8 Å². The molecule has 0 heterocycles. The van der Waals surface area contributed by atoms with Crippen LogP contribution >= 0.6 is 0 Å². The fourth-order valence-electron chi connectivity index (χ4n) is 2.46. The van der Waals surface area contributed by atoms with E-state index in [-0.39, 0.29) is 28.3 Å². The summed E-state index contributed by atoms with van der Waals surface area (Å²) < 4.78 is 33.1. The van der Waals surface area contributed by atoms with E-state index in [4.69, 9.17) is 4.74 Å². The van der Waals surface area contributed by atoms with E-state index >= 15 is 0 Å². The normalized spacial score (nSPS) is 12.0. The number of carbonyl (C=O) groups is 1. The molecule has 1 amide bonds. The number of methoxy groups -OCH3 is 1. The van der Waals surface area contributed by atoms with Gasteiger partial charge in [0.1, 0.15) is 5.75 Å². The van der Waals surface area contributed by atoms with Crippen LogP contribution in [-0.4, -0.2) is 34.5 Å². The standard InChI is InChI=1S/C16H26N2O4S/c1-10(2)15(11(3)4)18-23(20,21)12-7-8-14(22-6)13(9-12)16(19)17-5/h7-11,15,18H,1-6H3,(H,17,19). The van der Waals surface area contributed by atoms with Crippen molar-refractivity contribution < 1.29 is 17.9 Å². The van der Waals surface area contributed by atoms with Crippen LogP contribution < -0.4 is 14.8 Å². The zero-order valence-electron chi connectivity index (χ0n) is 14.5. The lowest BCUT2D eigenvalue weighted by atomic mass is 9.94. The third-order valence-electron chi connectivity index (χ3n) is 3.68. The van der Waals surface area contributed by atoms with Gasteiger partial charge in [0, 0.05) is 13.1 Å². The summed E-state index contributed by atoms with van der Waals surface area (Å²) in [7, 11) is -0.811. The quantitative estimate of drug-likeness (QED) is 0.794. The second kappa shape index (κ2) is 7.79. The molecule has 0 saturated carbocycles. The Balaban J connectivity index is 3.26. The summed E-state index contributed by atoms with van der Waals surface area (Å²) in [6, 6.07) is 4.06. The minimum Gasteiger partial charge on any atom is -0.496 e. The highest BCUT2D eigenvalue weighted by Crippen LogP contribution is 2.23. The van der Waals surface area contributed by atoms with Crippen LogP contribution in [0.2, 0.25) is 0 Å².